The largest absolute Gasteiger partial charge is 0.497 e. The van der Waals surface area contributed by atoms with Gasteiger partial charge in [-0.1, -0.05) is 35.9 Å². The van der Waals surface area contributed by atoms with Crippen LogP contribution in [0.1, 0.15) is 21.5 Å². The van der Waals surface area contributed by atoms with Gasteiger partial charge in [0.25, 0.3) is 5.91 Å². The molecule has 5 nitrogen and oxygen atoms in total. The van der Waals surface area contributed by atoms with Gasteiger partial charge in [0.15, 0.2) is 5.78 Å². The van der Waals surface area contributed by atoms with E-state index in [1.165, 1.54) is 23.7 Å². The fraction of sp³-hybridized carbons (Fsp3) is 0.0526. The highest BCUT2D eigenvalue weighted by Gasteiger charge is 2.04. The molecule has 2 rings (SSSR count). The first-order valence-corrected chi connectivity index (χ1v) is 7.69. The summed E-state index contributed by atoms with van der Waals surface area (Å²) in [6, 6.07) is 12.0. The van der Waals surface area contributed by atoms with Gasteiger partial charge < -0.3 is 4.74 Å². The van der Waals surface area contributed by atoms with E-state index in [0.29, 0.717) is 27.5 Å². The number of nitrogens with one attached hydrogen (secondary N) is 1. The molecule has 0 atom stereocenters. The van der Waals surface area contributed by atoms with Gasteiger partial charge in [0.05, 0.1) is 7.11 Å². The molecule has 0 saturated carbocycles. The molecule has 0 aliphatic carbocycles. The molecule has 2 aromatic rings. The molecule has 6 heteroatoms. The molecule has 0 bridgehead atoms. The molecule has 0 spiro atoms. The van der Waals surface area contributed by atoms with Crippen LogP contribution in [-0.2, 0) is 4.79 Å². The molecule has 0 aliphatic heterocycles. The second-order valence-electron chi connectivity index (χ2n) is 5.02. The van der Waals surface area contributed by atoms with E-state index in [9.17, 15) is 9.59 Å². The Bertz CT molecular complexity index is 843. The van der Waals surface area contributed by atoms with Crippen molar-refractivity contribution in [3.63, 3.8) is 0 Å². The molecule has 0 aromatic heterocycles. The average Bonchev–Trinajstić information content (AvgIpc) is 2.65. The van der Waals surface area contributed by atoms with Crippen molar-refractivity contribution in [2.24, 2.45) is 0 Å². The highest BCUT2D eigenvalue weighted by molar-refractivity contribution is 6.32. The second-order valence-corrected chi connectivity index (χ2v) is 5.43. The summed E-state index contributed by atoms with van der Waals surface area (Å²) in [5.74, 6) is -0.192. The zero-order valence-electron chi connectivity index (χ0n) is 13.4. The quantitative estimate of drug-likeness (QED) is 0.357. The van der Waals surface area contributed by atoms with Crippen LogP contribution in [0.3, 0.4) is 0 Å². The third-order valence-electron chi connectivity index (χ3n) is 3.33. The smallest absolute Gasteiger partial charge is 0.267 e. The summed E-state index contributed by atoms with van der Waals surface area (Å²) in [5, 5.41) is 8.87. The lowest BCUT2D eigenvalue weighted by Crippen LogP contribution is -2.14. The van der Waals surface area contributed by atoms with E-state index < -0.39 is 5.91 Å². The number of benzene rings is 2. The third kappa shape index (κ3) is 5.31. The Morgan fingerprint density at radius 2 is 1.92 bits per heavy atom. The number of ketones is 1. The maximum absolute atomic E-state index is 12.2. The number of carbonyl (C=O) groups excluding carboxylic acids is 2. The molecule has 1 amide bonds. The van der Waals surface area contributed by atoms with Crippen molar-refractivity contribution in [1.29, 1.82) is 0 Å². The number of amides is 1. The first-order valence-electron chi connectivity index (χ1n) is 7.31. The van der Waals surface area contributed by atoms with E-state index in [-0.39, 0.29) is 5.78 Å². The molecule has 0 aliphatic rings. The topological polar surface area (TPSA) is 75.6 Å². The molecular formula is C19H16ClNO4. The lowest BCUT2D eigenvalue weighted by Gasteiger charge is -2.02. The highest BCUT2D eigenvalue weighted by Crippen LogP contribution is 2.21. The molecular weight excluding hydrogens is 342 g/mol. The lowest BCUT2D eigenvalue weighted by molar-refractivity contribution is -0.124. The number of allylic oxidation sites excluding steroid dienone is 1. The van der Waals surface area contributed by atoms with Gasteiger partial charge >= 0.3 is 0 Å². The number of hydrogen-bond acceptors (Lipinski definition) is 4. The molecule has 0 unspecified atom stereocenters. The Morgan fingerprint density at radius 3 is 2.60 bits per heavy atom. The van der Waals surface area contributed by atoms with Crippen LogP contribution < -0.4 is 10.2 Å². The number of methoxy groups -OCH3 is 1. The van der Waals surface area contributed by atoms with Crippen molar-refractivity contribution >= 4 is 35.4 Å². The van der Waals surface area contributed by atoms with E-state index in [0.717, 1.165) is 0 Å². The molecule has 0 radical (unpaired) electrons. The average molecular weight is 358 g/mol. The first-order chi connectivity index (χ1) is 12.0. The van der Waals surface area contributed by atoms with Crippen LogP contribution >= 0.6 is 11.6 Å². The van der Waals surface area contributed by atoms with Crippen molar-refractivity contribution in [1.82, 2.24) is 5.48 Å². The molecule has 2 aromatic carbocycles. The number of carbonyl (C=O) groups is 2. The summed E-state index contributed by atoms with van der Waals surface area (Å²) in [7, 11) is 1.54. The van der Waals surface area contributed by atoms with Crippen LogP contribution in [0, 0.1) is 0 Å². The Morgan fingerprint density at radius 1 is 1.12 bits per heavy atom. The third-order valence-corrected chi connectivity index (χ3v) is 3.66. The van der Waals surface area contributed by atoms with Crippen LogP contribution in [0.25, 0.3) is 12.2 Å². The minimum absolute atomic E-state index is 0.168. The fourth-order valence-electron chi connectivity index (χ4n) is 2.03. The minimum Gasteiger partial charge on any atom is -0.497 e. The normalized spacial score (nSPS) is 11.0. The molecule has 0 saturated heterocycles. The minimum atomic E-state index is -0.635. The Labute approximate surface area is 150 Å². The van der Waals surface area contributed by atoms with E-state index in [1.807, 2.05) is 0 Å². The van der Waals surface area contributed by atoms with Gasteiger partial charge in [-0.3, -0.25) is 14.8 Å². The van der Waals surface area contributed by atoms with Crippen molar-refractivity contribution < 1.29 is 19.5 Å². The number of hydrogen-bond donors (Lipinski definition) is 2. The van der Waals surface area contributed by atoms with E-state index >= 15 is 0 Å². The van der Waals surface area contributed by atoms with Crippen molar-refractivity contribution in [3.8, 4) is 5.75 Å². The summed E-state index contributed by atoms with van der Waals surface area (Å²) in [4.78, 5) is 23.2. The number of ether oxygens (including phenoxy) is 1. The zero-order valence-corrected chi connectivity index (χ0v) is 14.2. The molecule has 128 valence electrons. The van der Waals surface area contributed by atoms with Gasteiger partial charge in [0, 0.05) is 16.7 Å². The highest BCUT2D eigenvalue weighted by atomic mass is 35.5. The number of rotatable bonds is 6. The van der Waals surface area contributed by atoms with Crippen molar-refractivity contribution in [3.05, 3.63) is 76.3 Å². The Kier molecular flexibility index (Phi) is 6.51. The maximum Gasteiger partial charge on any atom is 0.267 e. The monoisotopic (exact) mass is 357 g/mol. The van der Waals surface area contributed by atoms with E-state index in [2.05, 4.69) is 0 Å². The van der Waals surface area contributed by atoms with E-state index in [4.69, 9.17) is 21.5 Å². The molecule has 0 heterocycles. The summed E-state index contributed by atoms with van der Waals surface area (Å²) in [5.41, 5.74) is 3.37. The fourth-order valence-corrected chi connectivity index (χ4v) is 2.28. The van der Waals surface area contributed by atoms with Crippen LogP contribution in [0.2, 0.25) is 5.02 Å². The van der Waals surface area contributed by atoms with Gasteiger partial charge in [0.1, 0.15) is 5.75 Å². The molecule has 2 N–H and O–H groups in total. The second kappa shape index (κ2) is 8.82. The van der Waals surface area contributed by atoms with Crippen LogP contribution in [0.5, 0.6) is 5.75 Å². The molecule has 0 fully saturated rings. The Hall–Kier alpha value is -2.89. The summed E-state index contributed by atoms with van der Waals surface area (Å²) in [6.45, 7) is 0. The number of hydroxylamine groups is 1. The zero-order chi connectivity index (χ0) is 18.2. The maximum atomic E-state index is 12.2. The summed E-state index contributed by atoms with van der Waals surface area (Å²) in [6.07, 6.45) is 5.74. The predicted molar refractivity (Wildman–Crippen MR) is 96.8 cm³/mol. The summed E-state index contributed by atoms with van der Waals surface area (Å²) < 4.78 is 5.10. The van der Waals surface area contributed by atoms with E-state index in [1.54, 1.807) is 55.7 Å². The lowest BCUT2D eigenvalue weighted by atomic mass is 10.1. The van der Waals surface area contributed by atoms with Crippen LogP contribution in [0.4, 0.5) is 0 Å². The SMILES string of the molecule is COc1cccc(C(=O)/C=C/c2ccc(/C=C/C(=O)NO)cc2Cl)c1. The Balaban J connectivity index is 2.13. The van der Waals surface area contributed by atoms with Crippen LogP contribution in [-0.4, -0.2) is 24.0 Å². The van der Waals surface area contributed by atoms with Gasteiger partial charge in [-0.25, -0.2) is 5.48 Å². The van der Waals surface area contributed by atoms with Crippen molar-refractivity contribution in [2.45, 2.75) is 0 Å². The van der Waals surface area contributed by atoms with Crippen LogP contribution in [0.15, 0.2) is 54.6 Å². The predicted octanol–water partition coefficient (Wildman–Crippen LogP) is 3.76. The number of halogens is 1. The standard InChI is InChI=1S/C19H16ClNO4/c1-25-16-4-2-3-15(12-16)18(22)9-8-14-7-5-13(11-17(14)20)6-10-19(23)21-24/h2-12,24H,1H3,(H,21,23)/b9-8+,10-6+. The summed E-state index contributed by atoms with van der Waals surface area (Å²) >= 11 is 6.19. The van der Waals surface area contributed by atoms with Gasteiger partial charge in [-0.2, -0.15) is 0 Å². The molecule has 25 heavy (non-hydrogen) atoms. The van der Waals surface area contributed by atoms with Gasteiger partial charge in [-0.15, -0.1) is 0 Å². The van der Waals surface area contributed by atoms with Crippen molar-refractivity contribution in [2.75, 3.05) is 7.11 Å². The van der Waals surface area contributed by atoms with Gasteiger partial charge in [-0.05, 0) is 47.6 Å². The first kappa shape index (κ1) is 18.4. The van der Waals surface area contributed by atoms with Gasteiger partial charge in [0.2, 0.25) is 0 Å².